The lowest BCUT2D eigenvalue weighted by Crippen LogP contribution is -2.44. The van der Waals surface area contributed by atoms with E-state index in [0.29, 0.717) is 0 Å². The molecule has 0 spiro atoms. The van der Waals surface area contributed by atoms with Crippen LogP contribution in [0.1, 0.15) is 42.5 Å². The number of aryl methyl sites for hydroxylation is 2. The van der Waals surface area contributed by atoms with Gasteiger partial charge in [0, 0.05) is 0 Å². The number of rotatable bonds is 4. The zero-order valence-electron chi connectivity index (χ0n) is 13.7. The molecule has 3 rings (SSSR count). The summed E-state index contributed by atoms with van der Waals surface area (Å²) in [6.45, 7) is 5.96. The van der Waals surface area contributed by atoms with Gasteiger partial charge in [0.1, 0.15) is 0 Å². The van der Waals surface area contributed by atoms with Gasteiger partial charge in [-0.2, -0.15) is 0 Å². The molecule has 0 aromatic heterocycles. The van der Waals surface area contributed by atoms with Crippen LogP contribution in [0.4, 0.5) is 0 Å². The highest BCUT2D eigenvalue weighted by Crippen LogP contribution is 2.43. The number of benzene rings is 1. The van der Waals surface area contributed by atoms with Crippen molar-refractivity contribution in [1.29, 1.82) is 0 Å². The predicted octanol–water partition coefficient (Wildman–Crippen LogP) is 2.36. The Balaban J connectivity index is 1.76. The van der Waals surface area contributed by atoms with Crippen LogP contribution in [0.25, 0.3) is 0 Å². The number of carboxylic acids is 1. The number of hydrogen-bond acceptors (Lipinski definition) is 3. The van der Waals surface area contributed by atoms with E-state index in [9.17, 15) is 14.7 Å². The molecule has 1 aromatic carbocycles. The van der Waals surface area contributed by atoms with Crippen molar-refractivity contribution in [1.82, 2.24) is 5.32 Å². The Morgan fingerprint density at radius 2 is 1.87 bits per heavy atom. The van der Waals surface area contributed by atoms with E-state index in [1.54, 1.807) is 0 Å². The summed E-state index contributed by atoms with van der Waals surface area (Å²) in [5, 5.41) is 12.4. The number of hydrogen-bond donors (Lipinski definition) is 2. The Morgan fingerprint density at radius 1 is 1.22 bits per heavy atom. The fourth-order valence-corrected chi connectivity index (χ4v) is 3.94. The molecule has 5 atom stereocenters. The summed E-state index contributed by atoms with van der Waals surface area (Å²) in [5.74, 6) is -2.45. The molecule has 2 N–H and O–H groups in total. The zero-order valence-corrected chi connectivity index (χ0v) is 13.7. The number of carbonyl (C=O) groups is 2. The maximum Gasteiger partial charge on any atom is 0.310 e. The molecular weight excluding hydrogens is 294 g/mol. The number of fused-ring (bicyclic) bond motifs is 2. The maximum absolute atomic E-state index is 12.7. The minimum Gasteiger partial charge on any atom is -0.481 e. The van der Waals surface area contributed by atoms with E-state index in [2.05, 4.69) is 11.4 Å². The molecule has 2 heterocycles. The molecule has 0 unspecified atom stereocenters. The average molecular weight is 317 g/mol. The number of aliphatic carboxylic acids is 1. The Hall–Kier alpha value is -1.88. The Bertz CT molecular complexity index is 642. The van der Waals surface area contributed by atoms with Crippen molar-refractivity contribution in [2.45, 2.75) is 51.9 Å². The van der Waals surface area contributed by atoms with E-state index in [1.165, 1.54) is 0 Å². The highest BCUT2D eigenvalue weighted by molar-refractivity contribution is 5.86. The van der Waals surface area contributed by atoms with Gasteiger partial charge in [-0.3, -0.25) is 9.59 Å². The van der Waals surface area contributed by atoms with Crippen molar-refractivity contribution in [3.8, 4) is 0 Å². The first-order chi connectivity index (χ1) is 10.9. The smallest absolute Gasteiger partial charge is 0.310 e. The van der Waals surface area contributed by atoms with Crippen LogP contribution in [0.5, 0.6) is 0 Å². The predicted molar refractivity (Wildman–Crippen MR) is 85.0 cm³/mol. The summed E-state index contributed by atoms with van der Waals surface area (Å²) < 4.78 is 5.67. The lowest BCUT2D eigenvalue weighted by molar-refractivity contribution is -0.148. The van der Waals surface area contributed by atoms with Gasteiger partial charge in [-0.25, -0.2) is 0 Å². The van der Waals surface area contributed by atoms with Crippen LogP contribution in [0, 0.1) is 25.7 Å². The van der Waals surface area contributed by atoms with Crippen LogP contribution in [0.15, 0.2) is 18.2 Å². The topological polar surface area (TPSA) is 75.6 Å². The Kier molecular flexibility index (Phi) is 4.15. The summed E-state index contributed by atoms with van der Waals surface area (Å²) in [7, 11) is 0. The minimum absolute atomic E-state index is 0.157. The largest absolute Gasteiger partial charge is 0.481 e. The molecule has 5 heteroatoms. The third-order valence-electron chi connectivity index (χ3n) is 5.12. The van der Waals surface area contributed by atoms with Crippen molar-refractivity contribution >= 4 is 11.9 Å². The summed E-state index contributed by atoms with van der Waals surface area (Å²) in [6, 6.07) is 5.98. The quantitative estimate of drug-likeness (QED) is 0.894. The molecule has 0 aliphatic carbocycles. The summed E-state index contributed by atoms with van der Waals surface area (Å²) in [6.07, 6.45) is 0.929. The fourth-order valence-electron chi connectivity index (χ4n) is 3.94. The van der Waals surface area contributed by atoms with E-state index >= 15 is 0 Å². The first-order valence-corrected chi connectivity index (χ1v) is 8.14. The minimum atomic E-state index is -0.934. The van der Waals surface area contributed by atoms with Gasteiger partial charge in [0.25, 0.3) is 0 Å². The number of carboxylic acid groups (broad SMARTS) is 1. The molecule has 1 aromatic rings. The molecule has 2 aliphatic rings. The molecule has 2 bridgehead atoms. The number of nitrogens with one attached hydrogen (secondary N) is 1. The van der Waals surface area contributed by atoms with Crippen molar-refractivity contribution in [2.75, 3.05) is 0 Å². The highest BCUT2D eigenvalue weighted by atomic mass is 16.5. The average Bonchev–Trinajstić information content (AvgIpc) is 3.10. The number of amides is 1. The summed E-state index contributed by atoms with van der Waals surface area (Å²) >= 11 is 0. The molecule has 23 heavy (non-hydrogen) atoms. The van der Waals surface area contributed by atoms with Crippen molar-refractivity contribution in [3.63, 3.8) is 0 Å². The second-order valence-electron chi connectivity index (χ2n) is 6.77. The van der Waals surface area contributed by atoms with Gasteiger partial charge < -0.3 is 15.2 Å². The SMILES string of the molecule is Cc1ccc(C)c([C@@H](C)NC(=O)[C@H]2[C@@H](C(=O)O)[C@@H]3CC[C@@H]2O3)c1. The standard InChI is InChI=1S/C18H23NO4/c1-9-4-5-10(2)12(8-9)11(3)19-17(20)15-13-6-7-14(23-13)16(15)18(21)22/h4-5,8,11,13-16H,6-7H2,1-3H3,(H,19,20)(H,21,22)/t11-,13+,14+,15-,16+/m1/s1. The number of ether oxygens (including phenoxy) is 1. The van der Waals surface area contributed by atoms with Gasteiger partial charge in [0.2, 0.25) is 5.91 Å². The van der Waals surface area contributed by atoms with Crippen molar-refractivity contribution in [2.24, 2.45) is 11.8 Å². The molecule has 2 saturated heterocycles. The van der Waals surface area contributed by atoms with Crippen LogP contribution < -0.4 is 5.32 Å². The fraction of sp³-hybridized carbons (Fsp3) is 0.556. The van der Waals surface area contributed by atoms with Crippen molar-refractivity contribution in [3.05, 3.63) is 34.9 Å². The molecule has 0 saturated carbocycles. The third kappa shape index (κ3) is 2.85. The van der Waals surface area contributed by atoms with Crippen LogP contribution in [-0.4, -0.2) is 29.2 Å². The van der Waals surface area contributed by atoms with E-state index in [1.807, 2.05) is 32.9 Å². The van der Waals surface area contributed by atoms with Crippen LogP contribution in [0.2, 0.25) is 0 Å². The normalized spacial score (nSPS) is 30.2. The second-order valence-corrected chi connectivity index (χ2v) is 6.77. The molecule has 0 radical (unpaired) electrons. The molecular formula is C18H23NO4. The van der Waals surface area contributed by atoms with Gasteiger partial charge in [0.15, 0.2) is 0 Å². The Morgan fingerprint density at radius 3 is 2.52 bits per heavy atom. The Labute approximate surface area is 136 Å². The molecule has 2 fully saturated rings. The molecule has 2 aliphatic heterocycles. The van der Waals surface area contributed by atoms with Gasteiger partial charge in [-0.05, 0) is 44.7 Å². The van der Waals surface area contributed by atoms with Crippen molar-refractivity contribution < 1.29 is 19.4 Å². The lowest BCUT2D eigenvalue weighted by atomic mass is 9.78. The summed E-state index contributed by atoms with van der Waals surface area (Å²) in [5.41, 5.74) is 3.31. The van der Waals surface area contributed by atoms with Crippen LogP contribution in [0.3, 0.4) is 0 Å². The van der Waals surface area contributed by atoms with Gasteiger partial charge in [-0.15, -0.1) is 0 Å². The second kappa shape index (κ2) is 5.96. The molecule has 5 nitrogen and oxygen atoms in total. The maximum atomic E-state index is 12.7. The summed E-state index contributed by atoms with van der Waals surface area (Å²) in [4.78, 5) is 24.2. The monoisotopic (exact) mass is 317 g/mol. The highest BCUT2D eigenvalue weighted by Gasteiger charge is 2.55. The van der Waals surface area contributed by atoms with E-state index in [-0.39, 0.29) is 24.2 Å². The molecule has 1 amide bonds. The van der Waals surface area contributed by atoms with Crippen LogP contribution in [-0.2, 0) is 14.3 Å². The first-order valence-electron chi connectivity index (χ1n) is 8.14. The zero-order chi connectivity index (χ0) is 16.7. The first kappa shape index (κ1) is 16.0. The molecule has 124 valence electrons. The van der Waals surface area contributed by atoms with E-state index < -0.39 is 17.8 Å². The van der Waals surface area contributed by atoms with Crippen LogP contribution >= 0.6 is 0 Å². The lowest BCUT2D eigenvalue weighted by Gasteiger charge is -2.26. The van der Waals surface area contributed by atoms with Gasteiger partial charge >= 0.3 is 5.97 Å². The third-order valence-corrected chi connectivity index (χ3v) is 5.12. The van der Waals surface area contributed by atoms with E-state index in [4.69, 9.17) is 4.74 Å². The van der Waals surface area contributed by atoms with Gasteiger partial charge in [0.05, 0.1) is 30.1 Å². The van der Waals surface area contributed by atoms with Gasteiger partial charge in [-0.1, -0.05) is 23.8 Å². The van der Waals surface area contributed by atoms with E-state index in [0.717, 1.165) is 29.5 Å². The number of carbonyl (C=O) groups excluding carboxylic acids is 1.